The highest BCUT2D eigenvalue weighted by Gasteiger charge is 2.24. The van der Waals surface area contributed by atoms with E-state index in [1.54, 1.807) is 0 Å². The summed E-state index contributed by atoms with van der Waals surface area (Å²) in [4.78, 5) is 2.24. The zero-order chi connectivity index (χ0) is 12.5. The molecule has 3 rings (SSSR count). The van der Waals surface area contributed by atoms with E-state index in [0.29, 0.717) is 0 Å². The maximum absolute atomic E-state index is 12.9. The number of fused-ring (bicyclic) bond motifs is 1. The number of benzene rings is 2. The molecule has 0 amide bonds. The van der Waals surface area contributed by atoms with Gasteiger partial charge >= 0.3 is 0 Å². The Morgan fingerprint density at radius 3 is 2.61 bits per heavy atom. The summed E-state index contributed by atoms with van der Waals surface area (Å²) in [6, 6.07) is 14.9. The molecule has 1 heterocycles. The van der Waals surface area contributed by atoms with E-state index >= 15 is 0 Å². The molecule has 2 aromatic carbocycles. The Morgan fingerprint density at radius 1 is 1.11 bits per heavy atom. The van der Waals surface area contributed by atoms with Crippen molar-refractivity contribution in [2.75, 3.05) is 11.4 Å². The van der Waals surface area contributed by atoms with E-state index in [9.17, 15) is 4.39 Å². The summed E-state index contributed by atoms with van der Waals surface area (Å²) < 4.78 is 12.9. The van der Waals surface area contributed by atoms with Crippen molar-refractivity contribution in [1.29, 1.82) is 0 Å². The first-order chi connectivity index (χ1) is 8.74. The van der Waals surface area contributed by atoms with Crippen LogP contribution in [0, 0.1) is 5.82 Å². The molecule has 2 N–H and O–H groups in total. The van der Waals surface area contributed by atoms with Gasteiger partial charge < -0.3 is 10.6 Å². The van der Waals surface area contributed by atoms with Gasteiger partial charge in [-0.25, -0.2) is 4.39 Å². The van der Waals surface area contributed by atoms with Crippen LogP contribution in [-0.2, 0) is 6.54 Å². The highest BCUT2D eigenvalue weighted by Crippen LogP contribution is 2.33. The topological polar surface area (TPSA) is 29.3 Å². The van der Waals surface area contributed by atoms with E-state index in [0.717, 1.165) is 18.7 Å². The third-order valence-electron chi connectivity index (χ3n) is 3.38. The molecule has 0 radical (unpaired) electrons. The lowest BCUT2D eigenvalue weighted by Gasteiger charge is -2.19. The van der Waals surface area contributed by atoms with E-state index in [-0.39, 0.29) is 11.9 Å². The van der Waals surface area contributed by atoms with Crippen LogP contribution in [0.1, 0.15) is 17.2 Å². The van der Waals surface area contributed by atoms with Gasteiger partial charge in [0.1, 0.15) is 5.82 Å². The minimum atomic E-state index is -0.197. The van der Waals surface area contributed by atoms with Crippen LogP contribution < -0.4 is 10.6 Å². The molecule has 0 aliphatic carbocycles. The zero-order valence-corrected chi connectivity index (χ0v) is 10.0. The minimum absolute atomic E-state index is 0.0710. The van der Waals surface area contributed by atoms with Crippen molar-refractivity contribution in [3.63, 3.8) is 0 Å². The van der Waals surface area contributed by atoms with Crippen LogP contribution in [0.5, 0.6) is 0 Å². The quantitative estimate of drug-likeness (QED) is 0.877. The summed E-state index contributed by atoms with van der Waals surface area (Å²) in [6.07, 6.45) is 0. The molecular formula is C15H15FN2. The number of hydrogen-bond donors (Lipinski definition) is 1. The lowest BCUT2D eigenvalue weighted by molar-refractivity contribution is 0.626. The number of hydrogen-bond acceptors (Lipinski definition) is 2. The molecule has 1 aliphatic rings. The van der Waals surface area contributed by atoms with Gasteiger partial charge in [0.25, 0.3) is 0 Å². The lowest BCUT2D eigenvalue weighted by atomic mass is 10.1. The van der Waals surface area contributed by atoms with Crippen LogP contribution in [0.25, 0.3) is 0 Å². The molecule has 0 fully saturated rings. The van der Waals surface area contributed by atoms with Gasteiger partial charge in [-0.15, -0.1) is 0 Å². The number of anilines is 1. The molecule has 92 valence electrons. The third-order valence-corrected chi connectivity index (χ3v) is 3.38. The number of rotatable bonds is 2. The minimum Gasteiger partial charge on any atom is -0.365 e. The van der Waals surface area contributed by atoms with Crippen molar-refractivity contribution < 1.29 is 4.39 Å². The fourth-order valence-electron chi connectivity index (χ4n) is 2.48. The Kier molecular flexibility index (Phi) is 2.76. The van der Waals surface area contributed by atoms with Crippen molar-refractivity contribution >= 4 is 5.69 Å². The highest BCUT2D eigenvalue weighted by atomic mass is 19.1. The van der Waals surface area contributed by atoms with E-state index in [1.807, 2.05) is 24.3 Å². The molecule has 1 atom stereocenters. The Bertz CT molecular complexity index is 551. The molecule has 0 bridgehead atoms. The van der Waals surface area contributed by atoms with Gasteiger partial charge in [-0.1, -0.05) is 30.3 Å². The number of para-hydroxylation sites is 1. The summed E-state index contributed by atoms with van der Waals surface area (Å²) in [5, 5.41) is 0. The second-order valence-corrected chi connectivity index (χ2v) is 4.67. The number of nitrogens with zero attached hydrogens (tertiary/aromatic N) is 1. The number of halogens is 1. The predicted octanol–water partition coefficient (Wildman–Crippen LogP) is 2.85. The Labute approximate surface area is 106 Å². The van der Waals surface area contributed by atoms with Crippen LogP contribution in [0.15, 0.2) is 48.5 Å². The van der Waals surface area contributed by atoms with Crippen molar-refractivity contribution in [2.24, 2.45) is 5.73 Å². The molecule has 3 heteroatoms. The average Bonchev–Trinajstić information content (AvgIpc) is 2.70. The van der Waals surface area contributed by atoms with E-state index in [1.165, 1.54) is 23.4 Å². The zero-order valence-electron chi connectivity index (χ0n) is 10.0. The summed E-state index contributed by atoms with van der Waals surface area (Å²) >= 11 is 0. The van der Waals surface area contributed by atoms with Crippen molar-refractivity contribution in [3.05, 3.63) is 65.5 Å². The van der Waals surface area contributed by atoms with E-state index in [2.05, 4.69) is 17.0 Å². The monoisotopic (exact) mass is 242 g/mol. The van der Waals surface area contributed by atoms with Crippen LogP contribution in [-0.4, -0.2) is 6.54 Å². The fourth-order valence-corrected chi connectivity index (χ4v) is 2.48. The summed E-state index contributed by atoms with van der Waals surface area (Å²) in [5.74, 6) is -0.197. The molecule has 1 aliphatic heterocycles. The van der Waals surface area contributed by atoms with Crippen molar-refractivity contribution in [1.82, 2.24) is 0 Å². The molecule has 0 aromatic heterocycles. The van der Waals surface area contributed by atoms with Gasteiger partial charge in [-0.05, 0) is 29.3 Å². The van der Waals surface area contributed by atoms with Gasteiger partial charge in [0, 0.05) is 24.8 Å². The highest BCUT2D eigenvalue weighted by molar-refractivity contribution is 5.59. The Morgan fingerprint density at radius 2 is 1.83 bits per heavy atom. The van der Waals surface area contributed by atoms with Crippen molar-refractivity contribution in [3.8, 4) is 0 Å². The van der Waals surface area contributed by atoms with Crippen LogP contribution >= 0.6 is 0 Å². The first kappa shape index (κ1) is 11.2. The second-order valence-electron chi connectivity index (χ2n) is 4.67. The van der Waals surface area contributed by atoms with Crippen LogP contribution in [0.2, 0.25) is 0 Å². The molecule has 2 aromatic rings. The Balaban J connectivity index is 1.85. The largest absolute Gasteiger partial charge is 0.365 e. The van der Waals surface area contributed by atoms with Crippen LogP contribution in [0.3, 0.4) is 0 Å². The van der Waals surface area contributed by atoms with Gasteiger partial charge in [0.15, 0.2) is 0 Å². The molecule has 0 unspecified atom stereocenters. The second kappa shape index (κ2) is 4.42. The summed E-state index contributed by atoms with van der Waals surface area (Å²) in [5.41, 5.74) is 9.59. The van der Waals surface area contributed by atoms with Gasteiger partial charge in [-0.2, -0.15) is 0 Å². The molecule has 18 heavy (non-hydrogen) atoms. The molecule has 0 saturated carbocycles. The molecular weight excluding hydrogens is 227 g/mol. The standard InChI is InChI=1S/C15H15FN2/c16-12-7-5-11(6-8-12)9-18-10-14(17)13-3-1-2-4-15(13)18/h1-8,14H,9-10,17H2/t14-/m1/s1. The molecule has 0 spiro atoms. The Hall–Kier alpha value is -1.87. The fraction of sp³-hybridized carbons (Fsp3) is 0.200. The smallest absolute Gasteiger partial charge is 0.123 e. The lowest BCUT2D eigenvalue weighted by Crippen LogP contribution is -2.23. The first-order valence-corrected chi connectivity index (χ1v) is 6.08. The average molecular weight is 242 g/mol. The SMILES string of the molecule is N[C@@H]1CN(Cc2ccc(F)cc2)c2ccccc21. The summed E-state index contributed by atoms with van der Waals surface area (Å²) in [7, 11) is 0. The van der Waals surface area contributed by atoms with Gasteiger partial charge in [-0.3, -0.25) is 0 Å². The first-order valence-electron chi connectivity index (χ1n) is 6.08. The van der Waals surface area contributed by atoms with Crippen LogP contribution in [0.4, 0.5) is 10.1 Å². The van der Waals surface area contributed by atoms with Gasteiger partial charge in [0.2, 0.25) is 0 Å². The normalized spacial score (nSPS) is 17.9. The maximum Gasteiger partial charge on any atom is 0.123 e. The molecule has 2 nitrogen and oxygen atoms in total. The summed E-state index contributed by atoms with van der Waals surface area (Å²) in [6.45, 7) is 1.59. The maximum atomic E-state index is 12.9. The van der Waals surface area contributed by atoms with Gasteiger partial charge in [0.05, 0.1) is 0 Å². The third kappa shape index (κ3) is 1.97. The van der Waals surface area contributed by atoms with E-state index in [4.69, 9.17) is 5.73 Å². The van der Waals surface area contributed by atoms with Crippen molar-refractivity contribution in [2.45, 2.75) is 12.6 Å². The predicted molar refractivity (Wildman–Crippen MR) is 70.8 cm³/mol. The van der Waals surface area contributed by atoms with E-state index < -0.39 is 0 Å². The molecule has 0 saturated heterocycles. The number of nitrogens with two attached hydrogens (primary N) is 1.